The third-order valence-corrected chi connectivity index (χ3v) is 7.84. The van der Waals surface area contributed by atoms with E-state index in [-0.39, 0.29) is 25.2 Å². The first-order valence-electron chi connectivity index (χ1n) is 15.8. The van der Waals surface area contributed by atoms with Gasteiger partial charge in [-0.1, -0.05) is 45.9 Å². The summed E-state index contributed by atoms with van der Waals surface area (Å²) in [6.07, 6.45) is 2.16. The van der Waals surface area contributed by atoms with Crippen LogP contribution in [0.1, 0.15) is 65.4 Å². The van der Waals surface area contributed by atoms with Crippen LogP contribution >= 0.6 is 0 Å². The Morgan fingerprint density at radius 1 is 0.766 bits per heavy atom. The molecular formula is C32H49N7O8. The van der Waals surface area contributed by atoms with Crippen molar-refractivity contribution in [1.82, 2.24) is 26.3 Å². The third-order valence-electron chi connectivity index (χ3n) is 7.84. The zero-order valence-electron chi connectivity index (χ0n) is 27.4. The zero-order chi connectivity index (χ0) is 35.3. The topological polar surface area (TPSA) is 259 Å². The Balaban J connectivity index is 2.38. The van der Waals surface area contributed by atoms with Gasteiger partial charge in [-0.3, -0.25) is 24.0 Å². The molecule has 11 N–H and O–H groups in total. The van der Waals surface area contributed by atoms with Crippen molar-refractivity contribution in [2.45, 2.75) is 96.4 Å². The van der Waals surface area contributed by atoms with Crippen LogP contribution in [-0.2, 0) is 35.2 Å². The van der Waals surface area contributed by atoms with Gasteiger partial charge >= 0.3 is 11.9 Å². The molecule has 5 atom stereocenters. The maximum Gasteiger partial charge on any atom is 0.326 e. The van der Waals surface area contributed by atoms with Gasteiger partial charge in [0.05, 0.1) is 6.04 Å². The highest BCUT2D eigenvalue weighted by Gasteiger charge is 2.33. The second kappa shape index (κ2) is 18.6. The van der Waals surface area contributed by atoms with Crippen LogP contribution in [0.25, 0.3) is 10.9 Å². The van der Waals surface area contributed by atoms with E-state index in [1.807, 2.05) is 24.3 Å². The number of carboxylic acids is 2. The molecule has 0 aliphatic carbocycles. The van der Waals surface area contributed by atoms with Gasteiger partial charge in [-0.05, 0) is 55.7 Å². The van der Waals surface area contributed by atoms with E-state index >= 15 is 0 Å². The maximum atomic E-state index is 13.9. The standard InChI is InChI=1S/C32H49N7O8/c1-17(2)26(34)30(44)36-22(12-13-25(40)41)28(42)38-24(15-19-16-35-21-10-6-5-9-20(19)21)29(43)39-27(18(3)4)31(45)37-23(32(46)47)11-7-8-14-33/h5-6,9-10,16-18,22-24,26-27,35H,7-8,11-15,33-34H2,1-4H3,(H,36,44)(H,37,45)(H,38,42)(H,39,43)(H,40,41)(H,46,47)/t22-,23-,24-,26-,27-/m0/s1. The van der Waals surface area contributed by atoms with Gasteiger partial charge in [0.1, 0.15) is 24.2 Å². The van der Waals surface area contributed by atoms with Crippen molar-refractivity contribution >= 4 is 46.5 Å². The number of amides is 4. The first-order valence-corrected chi connectivity index (χ1v) is 15.8. The minimum Gasteiger partial charge on any atom is -0.481 e. The van der Waals surface area contributed by atoms with E-state index in [2.05, 4.69) is 26.3 Å². The van der Waals surface area contributed by atoms with Gasteiger partial charge < -0.3 is 47.9 Å². The highest BCUT2D eigenvalue weighted by atomic mass is 16.4. The molecule has 0 spiro atoms. The van der Waals surface area contributed by atoms with Crippen LogP contribution < -0.4 is 32.7 Å². The largest absolute Gasteiger partial charge is 0.481 e. The molecule has 4 amide bonds. The number of hydrogen-bond acceptors (Lipinski definition) is 8. The molecule has 260 valence electrons. The van der Waals surface area contributed by atoms with Crippen molar-refractivity contribution in [3.8, 4) is 0 Å². The Labute approximate surface area is 274 Å². The van der Waals surface area contributed by atoms with Crippen molar-refractivity contribution in [2.75, 3.05) is 6.54 Å². The number of carbonyl (C=O) groups is 6. The molecular weight excluding hydrogens is 610 g/mol. The average molecular weight is 660 g/mol. The van der Waals surface area contributed by atoms with Crippen molar-refractivity contribution in [1.29, 1.82) is 0 Å². The lowest BCUT2D eigenvalue weighted by Gasteiger charge is -2.28. The summed E-state index contributed by atoms with van der Waals surface area (Å²) in [6.45, 7) is 7.17. The molecule has 0 saturated heterocycles. The summed E-state index contributed by atoms with van der Waals surface area (Å²) in [7, 11) is 0. The van der Waals surface area contributed by atoms with E-state index in [1.165, 1.54) is 0 Å². The number of hydrogen-bond donors (Lipinski definition) is 9. The molecule has 15 nitrogen and oxygen atoms in total. The van der Waals surface area contributed by atoms with E-state index in [1.54, 1.807) is 33.9 Å². The fourth-order valence-electron chi connectivity index (χ4n) is 4.91. The molecule has 0 radical (unpaired) electrons. The lowest BCUT2D eigenvalue weighted by atomic mass is 9.99. The summed E-state index contributed by atoms with van der Waals surface area (Å²) < 4.78 is 0. The van der Waals surface area contributed by atoms with Crippen LogP contribution in [0.3, 0.4) is 0 Å². The molecule has 0 fully saturated rings. The fourth-order valence-corrected chi connectivity index (χ4v) is 4.91. The Bertz CT molecular complexity index is 1390. The summed E-state index contributed by atoms with van der Waals surface area (Å²) in [5.74, 6) is -6.06. The summed E-state index contributed by atoms with van der Waals surface area (Å²) in [4.78, 5) is 79.7. The summed E-state index contributed by atoms with van der Waals surface area (Å²) in [5, 5.41) is 30.0. The van der Waals surface area contributed by atoms with Gasteiger partial charge in [-0.25, -0.2) is 4.79 Å². The van der Waals surface area contributed by atoms with E-state index in [4.69, 9.17) is 11.5 Å². The molecule has 1 aromatic carbocycles. The van der Waals surface area contributed by atoms with Gasteiger partial charge in [-0.2, -0.15) is 0 Å². The second-order valence-electron chi connectivity index (χ2n) is 12.3. The van der Waals surface area contributed by atoms with Gasteiger partial charge in [0, 0.05) is 29.9 Å². The van der Waals surface area contributed by atoms with Crippen LogP contribution in [0.5, 0.6) is 0 Å². The number of para-hydroxylation sites is 1. The lowest BCUT2D eigenvalue weighted by Crippen LogP contribution is -2.60. The Morgan fingerprint density at radius 3 is 1.98 bits per heavy atom. The number of carboxylic acid groups (broad SMARTS) is 2. The van der Waals surface area contributed by atoms with Crippen molar-refractivity contribution in [3.63, 3.8) is 0 Å². The molecule has 1 aromatic heterocycles. The molecule has 0 bridgehead atoms. The predicted octanol–water partition coefficient (Wildman–Crippen LogP) is 0.367. The van der Waals surface area contributed by atoms with Gasteiger partial charge in [0.2, 0.25) is 23.6 Å². The quantitative estimate of drug-likeness (QED) is 0.0882. The number of nitrogens with one attached hydrogen (secondary N) is 5. The number of unbranched alkanes of at least 4 members (excludes halogenated alkanes) is 1. The van der Waals surface area contributed by atoms with Crippen molar-refractivity contribution in [3.05, 3.63) is 36.0 Å². The van der Waals surface area contributed by atoms with Crippen LogP contribution in [0.4, 0.5) is 0 Å². The molecule has 0 aliphatic rings. The molecule has 47 heavy (non-hydrogen) atoms. The Hall–Kier alpha value is -4.50. The van der Waals surface area contributed by atoms with Crippen LogP contribution in [0.15, 0.2) is 30.5 Å². The number of aromatic nitrogens is 1. The number of rotatable bonds is 20. The highest BCUT2D eigenvalue weighted by molar-refractivity contribution is 5.96. The minimum absolute atomic E-state index is 0.0318. The molecule has 1 heterocycles. The highest BCUT2D eigenvalue weighted by Crippen LogP contribution is 2.20. The average Bonchev–Trinajstić information content (AvgIpc) is 3.42. The number of H-pyrrole nitrogens is 1. The number of aromatic amines is 1. The Kier molecular flexibility index (Phi) is 15.3. The predicted molar refractivity (Wildman–Crippen MR) is 175 cm³/mol. The number of aliphatic carboxylic acids is 2. The van der Waals surface area contributed by atoms with Crippen LogP contribution in [0.2, 0.25) is 0 Å². The number of benzene rings is 1. The fraction of sp³-hybridized carbons (Fsp3) is 0.562. The van der Waals surface area contributed by atoms with E-state index in [9.17, 15) is 39.0 Å². The van der Waals surface area contributed by atoms with E-state index in [0.29, 0.717) is 24.9 Å². The smallest absolute Gasteiger partial charge is 0.326 e. The number of nitrogens with two attached hydrogens (primary N) is 2. The first kappa shape index (κ1) is 38.7. The first-order chi connectivity index (χ1) is 22.2. The maximum absolute atomic E-state index is 13.9. The molecule has 0 unspecified atom stereocenters. The summed E-state index contributed by atoms with van der Waals surface area (Å²) in [5.41, 5.74) is 12.9. The van der Waals surface area contributed by atoms with Crippen molar-refractivity contribution in [2.24, 2.45) is 23.3 Å². The lowest BCUT2D eigenvalue weighted by molar-refractivity contribution is -0.143. The SMILES string of the molecule is CC(C)[C@H](N)C(=O)N[C@@H](CCC(=O)O)C(=O)N[C@@H](Cc1c[nH]c2ccccc12)C(=O)N[C@H](C(=O)N[C@@H](CCCCN)C(=O)O)C(C)C. The van der Waals surface area contributed by atoms with Gasteiger partial charge in [0.15, 0.2) is 0 Å². The monoisotopic (exact) mass is 659 g/mol. The summed E-state index contributed by atoms with van der Waals surface area (Å²) >= 11 is 0. The van der Waals surface area contributed by atoms with Crippen LogP contribution in [0, 0.1) is 11.8 Å². The minimum atomic E-state index is -1.32. The third kappa shape index (κ3) is 12.0. The number of fused-ring (bicyclic) bond motifs is 1. The second-order valence-corrected chi connectivity index (χ2v) is 12.3. The van der Waals surface area contributed by atoms with Crippen LogP contribution in [-0.4, -0.2) is 87.5 Å². The normalized spacial score (nSPS) is 14.6. The van der Waals surface area contributed by atoms with Gasteiger partial charge in [-0.15, -0.1) is 0 Å². The molecule has 0 aliphatic heterocycles. The zero-order valence-corrected chi connectivity index (χ0v) is 27.4. The number of carbonyl (C=O) groups excluding carboxylic acids is 4. The van der Waals surface area contributed by atoms with Crippen molar-refractivity contribution < 1.29 is 39.0 Å². The molecule has 0 saturated carbocycles. The Morgan fingerprint density at radius 2 is 1.38 bits per heavy atom. The van der Waals surface area contributed by atoms with Gasteiger partial charge in [0.25, 0.3) is 0 Å². The molecule has 2 rings (SSSR count). The molecule has 2 aromatic rings. The van der Waals surface area contributed by atoms with E-state index in [0.717, 1.165) is 10.9 Å². The molecule has 15 heteroatoms. The summed E-state index contributed by atoms with van der Waals surface area (Å²) in [6, 6.07) is 1.41. The van der Waals surface area contributed by atoms with E-state index < -0.39 is 78.1 Å².